The molecule has 2 atom stereocenters. The maximum atomic E-state index is 6.15. The van der Waals surface area contributed by atoms with Crippen molar-refractivity contribution in [3.05, 3.63) is 5.69 Å². The van der Waals surface area contributed by atoms with Gasteiger partial charge in [0.1, 0.15) is 5.82 Å². The lowest BCUT2D eigenvalue weighted by molar-refractivity contribution is 0.501. The Bertz CT molecular complexity index is 397. The molecule has 0 aliphatic heterocycles. The standard InChI is InChI=1S/C14H26N4/c1-4-12-13(15)14(18(3)17-12)16-11-7-5-6-10(2)8-9-11/h10-11,16H,4-9,15H2,1-3H3. The first-order valence-electron chi connectivity index (χ1n) is 7.19. The van der Waals surface area contributed by atoms with Crippen LogP contribution in [0.5, 0.6) is 0 Å². The van der Waals surface area contributed by atoms with Crippen LogP contribution in [0.1, 0.15) is 51.6 Å². The van der Waals surface area contributed by atoms with Crippen molar-refractivity contribution in [2.24, 2.45) is 13.0 Å². The van der Waals surface area contributed by atoms with Crippen LogP contribution in [-0.2, 0) is 13.5 Å². The largest absolute Gasteiger partial charge is 0.394 e. The van der Waals surface area contributed by atoms with E-state index in [0.717, 1.165) is 29.5 Å². The van der Waals surface area contributed by atoms with Gasteiger partial charge in [-0.25, -0.2) is 0 Å². The summed E-state index contributed by atoms with van der Waals surface area (Å²) in [5.41, 5.74) is 7.99. The monoisotopic (exact) mass is 250 g/mol. The van der Waals surface area contributed by atoms with Gasteiger partial charge in [0.2, 0.25) is 0 Å². The van der Waals surface area contributed by atoms with Gasteiger partial charge in [0.05, 0.1) is 11.4 Å². The highest BCUT2D eigenvalue weighted by molar-refractivity contribution is 5.65. The van der Waals surface area contributed by atoms with E-state index in [4.69, 9.17) is 5.73 Å². The smallest absolute Gasteiger partial charge is 0.147 e. The van der Waals surface area contributed by atoms with Crippen molar-refractivity contribution in [2.45, 2.75) is 58.4 Å². The second kappa shape index (κ2) is 5.63. The molecule has 0 bridgehead atoms. The Balaban J connectivity index is 2.06. The van der Waals surface area contributed by atoms with E-state index in [1.807, 2.05) is 11.7 Å². The SMILES string of the molecule is CCc1nn(C)c(NC2CCCC(C)CC2)c1N. The number of rotatable bonds is 3. The van der Waals surface area contributed by atoms with Crippen LogP contribution in [0.4, 0.5) is 11.5 Å². The molecule has 3 N–H and O–H groups in total. The maximum Gasteiger partial charge on any atom is 0.147 e. The van der Waals surface area contributed by atoms with Crippen molar-refractivity contribution in [3.63, 3.8) is 0 Å². The van der Waals surface area contributed by atoms with Gasteiger partial charge in [-0.1, -0.05) is 26.7 Å². The second-order valence-electron chi connectivity index (χ2n) is 5.64. The van der Waals surface area contributed by atoms with Crippen LogP contribution in [0, 0.1) is 5.92 Å². The summed E-state index contributed by atoms with van der Waals surface area (Å²) in [4.78, 5) is 0. The van der Waals surface area contributed by atoms with Gasteiger partial charge in [-0.3, -0.25) is 4.68 Å². The minimum atomic E-state index is 0.553. The first-order valence-corrected chi connectivity index (χ1v) is 7.19. The average molecular weight is 250 g/mol. The molecule has 1 fully saturated rings. The lowest BCUT2D eigenvalue weighted by Gasteiger charge is -2.18. The average Bonchev–Trinajstić information content (AvgIpc) is 2.53. The third-order valence-corrected chi connectivity index (χ3v) is 4.09. The van der Waals surface area contributed by atoms with E-state index in [0.29, 0.717) is 6.04 Å². The third-order valence-electron chi connectivity index (χ3n) is 4.09. The number of hydrogen-bond acceptors (Lipinski definition) is 3. The molecule has 0 spiro atoms. The number of nitrogens with one attached hydrogen (secondary N) is 1. The Kier molecular flexibility index (Phi) is 4.15. The zero-order chi connectivity index (χ0) is 13.1. The van der Waals surface area contributed by atoms with E-state index in [2.05, 4.69) is 24.3 Å². The Morgan fingerprint density at radius 2 is 2.11 bits per heavy atom. The molecule has 2 rings (SSSR count). The number of aryl methyl sites for hydroxylation is 2. The predicted octanol–water partition coefficient (Wildman–Crippen LogP) is 2.95. The Hall–Kier alpha value is -1.19. The molecule has 1 saturated carbocycles. The van der Waals surface area contributed by atoms with E-state index in [9.17, 15) is 0 Å². The Morgan fingerprint density at radius 1 is 1.33 bits per heavy atom. The molecule has 0 aromatic carbocycles. The zero-order valence-electron chi connectivity index (χ0n) is 11.9. The molecule has 18 heavy (non-hydrogen) atoms. The zero-order valence-corrected chi connectivity index (χ0v) is 11.9. The summed E-state index contributed by atoms with van der Waals surface area (Å²) in [5, 5.41) is 8.07. The van der Waals surface area contributed by atoms with E-state index in [1.165, 1.54) is 32.1 Å². The molecular formula is C14H26N4. The third kappa shape index (κ3) is 2.79. The van der Waals surface area contributed by atoms with Gasteiger partial charge in [0, 0.05) is 13.1 Å². The summed E-state index contributed by atoms with van der Waals surface area (Å²) in [6.45, 7) is 4.45. The van der Waals surface area contributed by atoms with Gasteiger partial charge in [0.15, 0.2) is 0 Å². The van der Waals surface area contributed by atoms with Gasteiger partial charge in [0.25, 0.3) is 0 Å². The van der Waals surface area contributed by atoms with Crippen molar-refractivity contribution in [2.75, 3.05) is 11.1 Å². The van der Waals surface area contributed by atoms with Crippen LogP contribution >= 0.6 is 0 Å². The number of nitrogens with two attached hydrogens (primary N) is 1. The van der Waals surface area contributed by atoms with Crippen molar-refractivity contribution >= 4 is 11.5 Å². The molecule has 2 unspecified atom stereocenters. The van der Waals surface area contributed by atoms with Crippen molar-refractivity contribution in [1.82, 2.24) is 9.78 Å². The number of anilines is 2. The number of nitrogens with zero attached hydrogens (tertiary/aromatic N) is 2. The molecule has 1 heterocycles. The summed E-state index contributed by atoms with van der Waals surface area (Å²) in [7, 11) is 1.97. The Morgan fingerprint density at radius 3 is 2.78 bits per heavy atom. The molecule has 1 aliphatic rings. The normalized spacial score (nSPS) is 24.8. The van der Waals surface area contributed by atoms with Gasteiger partial charge in [-0.2, -0.15) is 5.10 Å². The number of aromatic nitrogens is 2. The lowest BCUT2D eigenvalue weighted by Crippen LogP contribution is -2.21. The molecule has 0 saturated heterocycles. The van der Waals surface area contributed by atoms with Crippen LogP contribution in [0.25, 0.3) is 0 Å². The van der Waals surface area contributed by atoms with Crippen LogP contribution in [0.15, 0.2) is 0 Å². The topological polar surface area (TPSA) is 55.9 Å². The van der Waals surface area contributed by atoms with Crippen LogP contribution < -0.4 is 11.1 Å². The fourth-order valence-corrected chi connectivity index (χ4v) is 2.85. The van der Waals surface area contributed by atoms with Crippen molar-refractivity contribution in [3.8, 4) is 0 Å². The van der Waals surface area contributed by atoms with Crippen molar-refractivity contribution in [1.29, 1.82) is 0 Å². The highest BCUT2D eigenvalue weighted by atomic mass is 15.3. The summed E-state index contributed by atoms with van der Waals surface area (Å²) in [6, 6.07) is 0.553. The summed E-state index contributed by atoms with van der Waals surface area (Å²) in [5.74, 6) is 1.87. The molecule has 4 nitrogen and oxygen atoms in total. The van der Waals surface area contributed by atoms with Gasteiger partial charge in [-0.15, -0.1) is 0 Å². The second-order valence-corrected chi connectivity index (χ2v) is 5.64. The highest BCUT2D eigenvalue weighted by Gasteiger charge is 2.19. The minimum absolute atomic E-state index is 0.553. The Labute approximate surface area is 110 Å². The highest BCUT2D eigenvalue weighted by Crippen LogP contribution is 2.28. The van der Waals surface area contributed by atoms with E-state index < -0.39 is 0 Å². The molecule has 1 aromatic heterocycles. The molecule has 1 aromatic rings. The molecule has 0 amide bonds. The summed E-state index contributed by atoms with van der Waals surface area (Å²) in [6.07, 6.45) is 7.37. The fourth-order valence-electron chi connectivity index (χ4n) is 2.85. The summed E-state index contributed by atoms with van der Waals surface area (Å²) < 4.78 is 1.89. The number of nitrogen functional groups attached to an aromatic ring is 1. The van der Waals surface area contributed by atoms with Gasteiger partial charge < -0.3 is 11.1 Å². The number of hydrogen-bond donors (Lipinski definition) is 2. The quantitative estimate of drug-likeness (QED) is 0.811. The predicted molar refractivity (Wildman–Crippen MR) is 76.7 cm³/mol. The van der Waals surface area contributed by atoms with Gasteiger partial charge >= 0.3 is 0 Å². The fraction of sp³-hybridized carbons (Fsp3) is 0.786. The van der Waals surface area contributed by atoms with Crippen molar-refractivity contribution < 1.29 is 0 Å². The van der Waals surface area contributed by atoms with Gasteiger partial charge in [-0.05, 0) is 31.6 Å². The van der Waals surface area contributed by atoms with E-state index in [1.54, 1.807) is 0 Å². The first-order chi connectivity index (χ1) is 8.61. The molecule has 4 heteroatoms. The molecule has 0 radical (unpaired) electrons. The lowest BCUT2D eigenvalue weighted by atomic mass is 10.0. The maximum absolute atomic E-state index is 6.15. The molecular weight excluding hydrogens is 224 g/mol. The van der Waals surface area contributed by atoms with Crippen LogP contribution in [-0.4, -0.2) is 15.8 Å². The molecule has 1 aliphatic carbocycles. The van der Waals surface area contributed by atoms with Crippen LogP contribution in [0.3, 0.4) is 0 Å². The first kappa shape index (κ1) is 13.2. The molecule has 102 valence electrons. The minimum Gasteiger partial charge on any atom is -0.394 e. The van der Waals surface area contributed by atoms with E-state index in [-0.39, 0.29) is 0 Å². The summed E-state index contributed by atoms with van der Waals surface area (Å²) >= 11 is 0. The van der Waals surface area contributed by atoms with Crippen LogP contribution in [0.2, 0.25) is 0 Å². The van der Waals surface area contributed by atoms with E-state index >= 15 is 0 Å².